The summed E-state index contributed by atoms with van der Waals surface area (Å²) in [5, 5.41) is 0. The summed E-state index contributed by atoms with van der Waals surface area (Å²) in [6.45, 7) is 0.690. The molecular weight excluding hydrogens is 396 g/mol. The third-order valence-electron chi connectivity index (χ3n) is 7.40. The number of aromatic nitrogens is 1. The monoisotopic (exact) mass is 421 g/mol. The number of rotatable bonds is 4. The fourth-order valence-corrected chi connectivity index (χ4v) is 6.30. The molecule has 2 unspecified atom stereocenters. The maximum absolute atomic E-state index is 13.8. The highest BCUT2D eigenvalue weighted by Gasteiger charge is 2.59. The molecule has 6 rings (SSSR count). The van der Waals surface area contributed by atoms with Crippen LogP contribution >= 0.6 is 0 Å². The topological polar surface area (TPSA) is 94.8 Å². The quantitative estimate of drug-likeness (QED) is 0.807. The second-order valence-corrected chi connectivity index (χ2v) is 9.38. The Hall–Kier alpha value is -2.45. The second kappa shape index (κ2) is 7.06. The number of primary amides is 1. The summed E-state index contributed by atoms with van der Waals surface area (Å²) in [4.78, 5) is 30.0. The van der Waals surface area contributed by atoms with Crippen LogP contribution in [-0.4, -0.2) is 47.2 Å². The lowest BCUT2D eigenvalue weighted by molar-refractivity contribution is -0.161. The molecule has 4 bridgehead atoms. The van der Waals surface area contributed by atoms with E-state index >= 15 is 0 Å². The van der Waals surface area contributed by atoms with E-state index in [0.717, 1.165) is 25.5 Å². The molecule has 7 nitrogen and oxygen atoms in total. The zero-order valence-electron chi connectivity index (χ0n) is 16.6. The standard InChI is InChI=1S/C21H25F2N3O4/c22-14-5-16(23)18(25-9-14)29-15-1-2-26(10-15)20(28)30-17-12-3-11-4-13(17)8-21(6-11,7-12)19(24)27/h5,9,11-13,15,17H,1-4,6-8,10H2,(H2,24,27)/t11?,12?,13?,15-,17?,21?/m1/s1. The van der Waals surface area contributed by atoms with Crippen LogP contribution in [0.15, 0.2) is 12.3 Å². The van der Waals surface area contributed by atoms with E-state index in [1.54, 1.807) is 4.90 Å². The number of nitrogens with two attached hydrogens (primary N) is 1. The minimum absolute atomic E-state index is 0.180. The molecule has 9 heteroatoms. The summed E-state index contributed by atoms with van der Waals surface area (Å²) in [5.74, 6) is -1.27. The van der Waals surface area contributed by atoms with Crippen molar-refractivity contribution in [1.29, 1.82) is 0 Å². The lowest BCUT2D eigenvalue weighted by Crippen LogP contribution is -2.59. The summed E-state index contributed by atoms with van der Waals surface area (Å²) in [7, 11) is 0. The van der Waals surface area contributed by atoms with Gasteiger partial charge in [0.05, 0.1) is 18.2 Å². The number of hydrogen-bond acceptors (Lipinski definition) is 5. The molecule has 0 radical (unpaired) electrons. The van der Waals surface area contributed by atoms with Crippen molar-refractivity contribution in [2.75, 3.05) is 13.1 Å². The van der Waals surface area contributed by atoms with Crippen molar-refractivity contribution in [3.8, 4) is 5.88 Å². The first-order valence-corrected chi connectivity index (χ1v) is 10.6. The Morgan fingerprint density at radius 2 is 1.93 bits per heavy atom. The third-order valence-corrected chi connectivity index (χ3v) is 7.40. The number of pyridine rings is 1. The molecule has 2 N–H and O–H groups in total. The van der Waals surface area contributed by atoms with E-state index < -0.39 is 29.2 Å². The van der Waals surface area contributed by atoms with Gasteiger partial charge in [0, 0.05) is 19.0 Å². The van der Waals surface area contributed by atoms with Crippen LogP contribution in [0.1, 0.15) is 38.5 Å². The van der Waals surface area contributed by atoms with Crippen molar-refractivity contribution >= 4 is 12.0 Å². The molecule has 5 aliphatic rings. The van der Waals surface area contributed by atoms with Gasteiger partial charge in [-0.25, -0.2) is 18.6 Å². The first kappa shape index (κ1) is 19.5. The summed E-state index contributed by atoms with van der Waals surface area (Å²) in [6.07, 6.45) is 4.62. The molecule has 3 atom stereocenters. The summed E-state index contributed by atoms with van der Waals surface area (Å²) >= 11 is 0. The van der Waals surface area contributed by atoms with Crippen molar-refractivity contribution < 1.29 is 27.8 Å². The lowest BCUT2D eigenvalue weighted by Gasteiger charge is -2.58. The fraction of sp³-hybridized carbons (Fsp3) is 0.667. The molecule has 5 fully saturated rings. The molecule has 1 aromatic rings. The van der Waals surface area contributed by atoms with Gasteiger partial charge in [-0.15, -0.1) is 0 Å². The Bertz CT molecular complexity index is 866. The highest BCUT2D eigenvalue weighted by Crippen LogP contribution is 2.60. The molecule has 0 aromatic carbocycles. The van der Waals surface area contributed by atoms with Gasteiger partial charge in [-0.1, -0.05) is 0 Å². The van der Waals surface area contributed by atoms with Crippen LogP contribution in [0.2, 0.25) is 0 Å². The van der Waals surface area contributed by atoms with E-state index in [2.05, 4.69) is 4.98 Å². The second-order valence-electron chi connectivity index (χ2n) is 9.38. The van der Waals surface area contributed by atoms with Gasteiger partial charge in [0.25, 0.3) is 5.88 Å². The molecule has 2 amide bonds. The number of carbonyl (C=O) groups excluding carboxylic acids is 2. The zero-order valence-corrected chi connectivity index (χ0v) is 16.6. The van der Waals surface area contributed by atoms with Crippen molar-refractivity contribution in [3.63, 3.8) is 0 Å². The van der Waals surface area contributed by atoms with Crippen molar-refractivity contribution in [3.05, 3.63) is 23.9 Å². The smallest absolute Gasteiger partial charge is 0.410 e. The van der Waals surface area contributed by atoms with Gasteiger partial charge in [0.15, 0.2) is 5.82 Å². The molecule has 4 aliphatic carbocycles. The van der Waals surface area contributed by atoms with E-state index in [1.165, 1.54) is 0 Å². The largest absolute Gasteiger partial charge is 0.470 e. The van der Waals surface area contributed by atoms with E-state index in [0.29, 0.717) is 37.8 Å². The molecule has 1 aromatic heterocycles. The van der Waals surface area contributed by atoms with E-state index in [9.17, 15) is 18.4 Å². The number of likely N-dealkylation sites (tertiary alicyclic amines) is 1. The van der Waals surface area contributed by atoms with Gasteiger partial charge in [-0.2, -0.15) is 0 Å². The number of halogens is 2. The maximum atomic E-state index is 13.8. The van der Waals surface area contributed by atoms with Gasteiger partial charge in [-0.05, 0) is 49.9 Å². The molecule has 0 spiro atoms. The predicted molar refractivity (Wildman–Crippen MR) is 100 cm³/mol. The summed E-state index contributed by atoms with van der Waals surface area (Å²) in [6, 6.07) is 0.717. The molecule has 2 heterocycles. The Morgan fingerprint density at radius 1 is 1.20 bits per heavy atom. The predicted octanol–water partition coefficient (Wildman–Crippen LogP) is 2.63. The molecular formula is C21H25F2N3O4. The minimum Gasteiger partial charge on any atom is -0.470 e. The molecule has 30 heavy (non-hydrogen) atoms. The number of ether oxygens (including phenoxy) is 2. The molecule has 162 valence electrons. The Labute approximate surface area is 172 Å². The molecule has 1 aliphatic heterocycles. The van der Waals surface area contributed by atoms with Gasteiger partial charge >= 0.3 is 6.09 Å². The van der Waals surface area contributed by atoms with Crippen molar-refractivity contribution in [2.24, 2.45) is 28.9 Å². The number of carbonyl (C=O) groups is 2. The molecule has 1 saturated heterocycles. The van der Waals surface area contributed by atoms with Crippen LogP contribution in [0.4, 0.5) is 13.6 Å². The minimum atomic E-state index is -0.868. The van der Waals surface area contributed by atoms with Gasteiger partial charge < -0.3 is 20.1 Å². The van der Waals surface area contributed by atoms with Crippen LogP contribution < -0.4 is 10.5 Å². The zero-order chi connectivity index (χ0) is 21.0. The number of nitrogens with zero attached hydrogens (tertiary/aromatic N) is 2. The van der Waals surface area contributed by atoms with Crippen LogP contribution in [0.25, 0.3) is 0 Å². The first-order chi connectivity index (χ1) is 14.3. The van der Waals surface area contributed by atoms with Crippen LogP contribution in [0.5, 0.6) is 5.88 Å². The summed E-state index contributed by atoms with van der Waals surface area (Å²) < 4.78 is 38.2. The van der Waals surface area contributed by atoms with E-state index in [4.69, 9.17) is 15.2 Å². The Balaban J connectivity index is 1.19. The number of amides is 2. The average Bonchev–Trinajstić information content (AvgIpc) is 3.15. The fourth-order valence-electron chi connectivity index (χ4n) is 6.30. The third kappa shape index (κ3) is 3.28. The number of hydrogen-bond donors (Lipinski definition) is 1. The van der Waals surface area contributed by atoms with Crippen molar-refractivity contribution in [1.82, 2.24) is 9.88 Å². The highest BCUT2D eigenvalue weighted by atomic mass is 19.1. The van der Waals surface area contributed by atoms with Gasteiger partial charge in [-0.3, -0.25) is 4.79 Å². The Morgan fingerprint density at radius 3 is 2.60 bits per heavy atom. The highest BCUT2D eigenvalue weighted by molar-refractivity contribution is 5.81. The lowest BCUT2D eigenvalue weighted by atomic mass is 9.48. The van der Waals surface area contributed by atoms with Crippen LogP contribution in [-0.2, 0) is 9.53 Å². The summed E-state index contributed by atoms with van der Waals surface area (Å²) in [5.41, 5.74) is 5.30. The maximum Gasteiger partial charge on any atom is 0.410 e. The van der Waals surface area contributed by atoms with Crippen LogP contribution in [0.3, 0.4) is 0 Å². The van der Waals surface area contributed by atoms with Gasteiger partial charge in [0.2, 0.25) is 5.91 Å². The van der Waals surface area contributed by atoms with E-state index in [-0.39, 0.29) is 36.3 Å². The first-order valence-electron chi connectivity index (χ1n) is 10.6. The average molecular weight is 421 g/mol. The molecule has 4 saturated carbocycles. The Kier molecular flexibility index (Phi) is 4.59. The SMILES string of the molecule is NC(=O)C12CC3CC(C1)C(OC(=O)N1CC[C@@H](Oc4ncc(F)cc4F)C1)C(C3)C2. The van der Waals surface area contributed by atoms with Crippen molar-refractivity contribution in [2.45, 2.75) is 50.7 Å². The normalized spacial score (nSPS) is 36.7. The van der Waals surface area contributed by atoms with Gasteiger partial charge in [0.1, 0.15) is 18.0 Å². The van der Waals surface area contributed by atoms with E-state index in [1.807, 2.05) is 0 Å². The van der Waals surface area contributed by atoms with Crippen LogP contribution in [0, 0.1) is 34.8 Å².